The van der Waals surface area contributed by atoms with E-state index in [1.807, 2.05) is 0 Å². The summed E-state index contributed by atoms with van der Waals surface area (Å²) in [5, 5.41) is 15.3. The summed E-state index contributed by atoms with van der Waals surface area (Å²) in [5.41, 5.74) is 0.597. The number of nitro groups is 1. The number of nitro benzene ring substituents is 1. The van der Waals surface area contributed by atoms with Gasteiger partial charge in [-0.3, -0.25) is 10.1 Å². The van der Waals surface area contributed by atoms with E-state index in [2.05, 4.69) is 20.1 Å². The minimum atomic E-state index is -0.461. The molecule has 3 aromatic rings. The highest BCUT2D eigenvalue weighted by Crippen LogP contribution is 2.22. The van der Waals surface area contributed by atoms with Gasteiger partial charge in [-0.2, -0.15) is 5.10 Å². The quantitative estimate of drug-likeness (QED) is 0.493. The van der Waals surface area contributed by atoms with Crippen LogP contribution in [0.15, 0.2) is 37.2 Å². The van der Waals surface area contributed by atoms with E-state index < -0.39 is 4.92 Å². The van der Waals surface area contributed by atoms with Gasteiger partial charge in [-0.25, -0.2) is 19.6 Å². The Bertz CT molecular complexity index is 724. The van der Waals surface area contributed by atoms with Crippen LogP contribution in [0.1, 0.15) is 0 Å². The van der Waals surface area contributed by atoms with Gasteiger partial charge in [0, 0.05) is 12.1 Å². The summed E-state index contributed by atoms with van der Waals surface area (Å²) in [6, 6.07) is 4.41. The molecule has 0 N–H and O–H groups in total. The third-order valence-electron chi connectivity index (χ3n) is 2.44. The Hall–Kier alpha value is -2.90. The zero-order chi connectivity index (χ0) is 12.5. The Labute approximate surface area is 100 Å². The molecule has 3 rings (SSSR count). The molecule has 0 saturated heterocycles. The minimum Gasteiger partial charge on any atom is -0.258 e. The topological polar surface area (TPSA) is 99.6 Å². The van der Waals surface area contributed by atoms with Gasteiger partial charge in [0.15, 0.2) is 5.82 Å². The van der Waals surface area contributed by atoms with Gasteiger partial charge >= 0.3 is 0 Å². The molecule has 18 heavy (non-hydrogen) atoms. The number of hydrogen-bond donors (Lipinski definition) is 0. The zero-order valence-electron chi connectivity index (χ0n) is 8.96. The maximum Gasteiger partial charge on any atom is 0.270 e. The van der Waals surface area contributed by atoms with Crippen molar-refractivity contribution in [1.29, 1.82) is 0 Å². The molecule has 0 bridgehead atoms. The second kappa shape index (κ2) is 3.84. The lowest BCUT2D eigenvalue weighted by Crippen LogP contribution is -2.00. The van der Waals surface area contributed by atoms with Gasteiger partial charge in [-0.1, -0.05) is 0 Å². The van der Waals surface area contributed by atoms with Crippen molar-refractivity contribution < 1.29 is 4.92 Å². The van der Waals surface area contributed by atoms with Crippen molar-refractivity contribution in [1.82, 2.24) is 24.7 Å². The van der Waals surface area contributed by atoms with E-state index in [9.17, 15) is 10.1 Å². The highest BCUT2D eigenvalue weighted by Gasteiger charge is 2.11. The smallest absolute Gasteiger partial charge is 0.258 e. The number of aromatic nitrogens is 5. The van der Waals surface area contributed by atoms with Gasteiger partial charge in [-0.15, -0.1) is 0 Å². The molecule has 0 aliphatic heterocycles. The number of rotatable bonds is 2. The fourth-order valence-electron chi connectivity index (χ4n) is 1.64. The minimum absolute atomic E-state index is 0.0151. The molecule has 2 heterocycles. The normalized spacial score (nSPS) is 10.7. The summed E-state index contributed by atoms with van der Waals surface area (Å²) in [6.07, 6.45) is 4.22. The van der Waals surface area contributed by atoms with Crippen molar-refractivity contribution in [2.45, 2.75) is 0 Å². The highest BCUT2D eigenvalue weighted by atomic mass is 16.6. The molecule has 0 radical (unpaired) electrons. The van der Waals surface area contributed by atoms with Gasteiger partial charge in [0.25, 0.3) is 5.69 Å². The first kappa shape index (κ1) is 10.3. The maximum atomic E-state index is 10.8. The molecule has 0 spiro atoms. The number of non-ortho nitro benzene ring substituents is 1. The first-order valence-electron chi connectivity index (χ1n) is 5.00. The Morgan fingerprint density at radius 2 is 2.11 bits per heavy atom. The van der Waals surface area contributed by atoms with Gasteiger partial charge in [0.05, 0.1) is 15.8 Å². The SMILES string of the molecule is O=[N+]([O-])c1ccc2ncnc(-n3cncn3)c2c1. The fraction of sp³-hybridized carbons (Fsp3) is 0. The fourth-order valence-corrected chi connectivity index (χ4v) is 1.64. The van der Waals surface area contributed by atoms with Crippen LogP contribution in [-0.2, 0) is 0 Å². The van der Waals surface area contributed by atoms with Crippen LogP contribution in [0.3, 0.4) is 0 Å². The predicted molar refractivity (Wildman–Crippen MR) is 61.1 cm³/mol. The van der Waals surface area contributed by atoms with E-state index in [0.717, 1.165) is 0 Å². The Balaban J connectivity index is 2.31. The standard InChI is InChI=1S/C10H6N6O2/c17-16(18)7-1-2-9-8(3-7)10(13-5-12-9)15-6-11-4-14-15/h1-6H. The molecule has 0 atom stereocenters. The van der Waals surface area contributed by atoms with Gasteiger partial charge < -0.3 is 0 Å². The first-order chi connectivity index (χ1) is 8.75. The van der Waals surface area contributed by atoms with Crippen LogP contribution in [0.5, 0.6) is 0 Å². The van der Waals surface area contributed by atoms with E-state index in [-0.39, 0.29) is 5.69 Å². The number of hydrogen-bond acceptors (Lipinski definition) is 6. The zero-order valence-corrected chi connectivity index (χ0v) is 8.96. The van der Waals surface area contributed by atoms with Crippen LogP contribution in [-0.4, -0.2) is 29.7 Å². The third-order valence-corrected chi connectivity index (χ3v) is 2.44. The molecular formula is C10H6N6O2. The Morgan fingerprint density at radius 1 is 1.22 bits per heavy atom. The molecule has 8 nitrogen and oxygen atoms in total. The van der Waals surface area contributed by atoms with Crippen molar-refractivity contribution in [2.75, 3.05) is 0 Å². The summed E-state index contributed by atoms with van der Waals surface area (Å²) in [5.74, 6) is 0.459. The van der Waals surface area contributed by atoms with E-state index >= 15 is 0 Å². The average molecular weight is 242 g/mol. The summed E-state index contributed by atoms with van der Waals surface area (Å²) in [7, 11) is 0. The summed E-state index contributed by atoms with van der Waals surface area (Å²) in [6.45, 7) is 0. The van der Waals surface area contributed by atoms with Gasteiger partial charge in [0.1, 0.15) is 19.0 Å². The Morgan fingerprint density at radius 3 is 2.83 bits per heavy atom. The first-order valence-corrected chi connectivity index (χ1v) is 5.00. The summed E-state index contributed by atoms with van der Waals surface area (Å²) >= 11 is 0. The Kier molecular flexibility index (Phi) is 2.19. The maximum absolute atomic E-state index is 10.8. The average Bonchev–Trinajstić information content (AvgIpc) is 2.91. The molecule has 0 saturated carbocycles. The molecule has 0 aliphatic rings. The van der Waals surface area contributed by atoms with E-state index in [1.165, 1.54) is 35.8 Å². The van der Waals surface area contributed by atoms with Gasteiger partial charge in [0.2, 0.25) is 0 Å². The lowest BCUT2D eigenvalue weighted by molar-refractivity contribution is -0.384. The van der Waals surface area contributed by atoms with Crippen molar-refractivity contribution in [3.05, 3.63) is 47.3 Å². The third kappa shape index (κ3) is 1.56. The van der Waals surface area contributed by atoms with Crippen LogP contribution < -0.4 is 0 Å². The molecule has 0 fully saturated rings. The predicted octanol–water partition coefficient (Wildman–Crippen LogP) is 1.12. The summed E-state index contributed by atoms with van der Waals surface area (Å²) in [4.78, 5) is 22.3. The van der Waals surface area contributed by atoms with Crippen molar-refractivity contribution in [2.24, 2.45) is 0 Å². The number of nitrogens with zero attached hydrogens (tertiary/aromatic N) is 6. The second-order valence-corrected chi connectivity index (χ2v) is 3.50. The molecule has 8 heteroatoms. The van der Waals surface area contributed by atoms with Crippen molar-refractivity contribution >= 4 is 16.6 Å². The number of benzene rings is 1. The molecular weight excluding hydrogens is 236 g/mol. The lowest BCUT2D eigenvalue weighted by atomic mass is 10.2. The van der Waals surface area contributed by atoms with E-state index in [1.54, 1.807) is 6.07 Å². The molecule has 0 aliphatic carbocycles. The van der Waals surface area contributed by atoms with Crippen LogP contribution >= 0.6 is 0 Å². The molecule has 0 amide bonds. The number of fused-ring (bicyclic) bond motifs is 1. The molecule has 2 aromatic heterocycles. The highest BCUT2D eigenvalue weighted by molar-refractivity contribution is 5.86. The largest absolute Gasteiger partial charge is 0.270 e. The second-order valence-electron chi connectivity index (χ2n) is 3.50. The molecule has 1 aromatic carbocycles. The monoisotopic (exact) mass is 242 g/mol. The lowest BCUT2D eigenvalue weighted by Gasteiger charge is -2.03. The van der Waals surface area contributed by atoms with Gasteiger partial charge in [-0.05, 0) is 6.07 Å². The van der Waals surface area contributed by atoms with Crippen LogP contribution in [0.25, 0.3) is 16.7 Å². The van der Waals surface area contributed by atoms with Crippen LogP contribution in [0, 0.1) is 10.1 Å². The summed E-state index contributed by atoms with van der Waals surface area (Å²) < 4.78 is 1.44. The van der Waals surface area contributed by atoms with E-state index in [0.29, 0.717) is 16.7 Å². The van der Waals surface area contributed by atoms with Crippen LogP contribution in [0.2, 0.25) is 0 Å². The van der Waals surface area contributed by atoms with E-state index in [4.69, 9.17) is 0 Å². The molecule has 0 unspecified atom stereocenters. The van der Waals surface area contributed by atoms with Crippen molar-refractivity contribution in [3.8, 4) is 5.82 Å². The molecule has 88 valence electrons. The van der Waals surface area contributed by atoms with Crippen molar-refractivity contribution in [3.63, 3.8) is 0 Å². The van der Waals surface area contributed by atoms with Crippen LogP contribution in [0.4, 0.5) is 5.69 Å².